The Morgan fingerprint density at radius 2 is 1.61 bits per heavy atom. The van der Waals surface area contributed by atoms with Crippen molar-refractivity contribution in [3.05, 3.63) is 60.2 Å². The van der Waals surface area contributed by atoms with E-state index in [4.69, 9.17) is 5.73 Å². The van der Waals surface area contributed by atoms with E-state index in [9.17, 15) is 18.4 Å². The average molecular weight is 403 g/mol. The molecule has 3 amide bonds. The molecule has 0 unspecified atom stereocenters. The predicted octanol–water partition coefficient (Wildman–Crippen LogP) is 2.89. The highest BCUT2D eigenvalue weighted by molar-refractivity contribution is 8.00. The molecular weight excluding hydrogens is 388 g/mol. The number of nitrogens with zero attached hydrogens (tertiary/aromatic N) is 3. The molecule has 0 aliphatic rings. The number of aromatic nitrogens is 3. The molecular formula is C18H15F2N5O2S. The van der Waals surface area contributed by atoms with E-state index in [1.54, 1.807) is 11.5 Å². The zero-order valence-corrected chi connectivity index (χ0v) is 15.4. The summed E-state index contributed by atoms with van der Waals surface area (Å²) in [6.45, 7) is 1.57. The smallest absolute Gasteiger partial charge is 0.318 e. The zero-order chi connectivity index (χ0) is 20.3. The fourth-order valence-corrected chi connectivity index (χ4v) is 3.26. The number of amides is 3. The van der Waals surface area contributed by atoms with E-state index in [1.807, 2.05) is 5.32 Å². The number of nitrogens with two attached hydrogens (primary N) is 1. The van der Waals surface area contributed by atoms with Crippen LogP contribution >= 0.6 is 11.8 Å². The topological polar surface area (TPSA) is 103 Å². The number of benzene rings is 2. The van der Waals surface area contributed by atoms with Crippen LogP contribution in [0.4, 0.5) is 13.6 Å². The molecule has 3 N–H and O–H groups in total. The van der Waals surface area contributed by atoms with Crippen LogP contribution in [-0.4, -0.2) is 32.0 Å². The van der Waals surface area contributed by atoms with Gasteiger partial charge in [0.05, 0.1) is 5.25 Å². The monoisotopic (exact) mass is 403 g/mol. The van der Waals surface area contributed by atoms with Gasteiger partial charge in [-0.3, -0.25) is 14.7 Å². The molecule has 0 spiro atoms. The maximum atomic E-state index is 13.4. The van der Waals surface area contributed by atoms with Gasteiger partial charge in [0.1, 0.15) is 11.6 Å². The third-order valence-corrected chi connectivity index (χ3v) is 4.76. The molecule has 3 rings (SSSR count). The van der Waals surface area contributed by atoms with E-state index < -0.39 is 28.8 Å². The van der Waals surface area contributed by atoms with Gasteiger partial charge >= 0.3 is 6.03 Å². The number of imide groups is 1. The van der Waals surface area contributed by atoms with Gasteiger partial charge in [0.25, 0.3) is 0 Å². The van der Waals surface area contributed by atoms with Crippen molar-refractivity contribution in [2.24, 2.45) is 5.73 Å². The number of nitrogens with one attached hydrogen (secondary N) is 1. The van der Waals surface area contributed by atoms with Crippen LogP contribution in [0, 0.1) is 11.6 Å². The summed E-state index contributed by atoms with van der Waals surface area (Å²) in [5, 5.41) is 9.87. The molecule has 0 fully saturated rings. The lowest BCUT2D eigenvalue weighted by Gasteiger charge is -2.13. The Bertz CT molecular complexity index is 1010. The van der Waals surface area contributed by atoms with Gasteiger partial charge in [-0.2, -0.15) is 0 Å². The van der Waals surface area contributed by atoms with Crippen molar-refractivity contribution in [2.45, 2.75) is 17.3 Å². The van der Waals surface area contributed by atoms with E-state index in [0.717, 1.165) is 11.8 Å². The summed E-state index contributed by atoms with van der Waals surface area (Å²) in [4.78, 5) is 22.9. The lowest BCUT2D eigenvalue weighted by Crippen LogP contribution is -2.39. The molecule has 10 heteroatoms. The molecule has 1 heterocycles. The van der Waals surface area contributed by atoms with Crippen LogP contribution in [0.1, 0.15) is 6.92 Å². The first-order valence-electron chi connectivity index (χ1n) is 8.09. The van der Waals surface area contributed by atoms with Gasteiger partial charge in [0.15, 0.2) is 11.0 Å². The first-order valence-corrected chi connectivity index (χ1v) is 8.97. The zero-order valence-electron chi connectivity index (χ0n) is 14.6. The molecule has 1 aromatic heterocycles. The number of carbonyl (C=O) groups is 2. The highest BCUT2D eigenvalue weighted by Gasteiger charge is 2.22. The number of primary amides is 1. The van der Waals surface area contributed by atoms with Crippen molar-refractivity contribution in [3.8, 4) is 17.1 Å². The molecule has 7 nitrogen and oxygen atoms in total. The second-order valence-electron chi connectivity index (χ2n) is 5.74. The van der Waals surface area contributed by atoms with Gasteiger partial charge < -0.3 is 5.73 Å². The second-order valence-corrected chi connectivity index (χ2v) is 7.05. The molecule has 0 aliphatic heterocycles. The van der Waals surface area contributed by atoms with Crippen LogP contribution in [-0.2, 0) is 4.79 Å². The van der Waals surface area contributed by atoms with E-state index in [2.05, 4.69) is 10.2 Å². The van der Waals surface area contributed by atoms with Gasteiger partial charge in [-0.15, -0.1) is 10.2 Å². The summed E-state index contributed by atoms with van der Waals surface area (Å²) in [7, 11) is 0. The van der Waals surface area contributed by atoms with Gasteiger partial charge in [-0.25, -0.2) is 13.6 Å². The summed E-state index contributed by atoms with van der Waals surface area (Å²) in [5.41, 5.74) is 6.11. The first kappa shape index (κ1) is 19.5. The minimum Gasteiger partial charge on any atom is -0.351 e. The number of urea groups is 1. The molecule has 0 radical (unpaired) electrons. The second kappa shape index (κ2) is 8.17. The Hall–Kier alpha value is -3.27. The lowest BCUT2D eigenvalue weighted by molar-refractivity contribution is -0.119. The SMILES string of the molecule is C[C@H](Sc1nnc(-c2ccc(F)cc2)n1-c1ccc(F)cc1)C(=O)NC(N)=O. The molecule has 0 saturated heterocycles. The molecule has 144 valence electrons. The molecule has 1 atom stereocenters. The fraction of sp³-hybridized carbons (Fsp3) is 0.111. The summed E-state index contributed by atoms with van der Waals surface area (Å²) >= 11 is 1.04. The van der Waals surface area contributed by atoms with Crippen LogP contribution < -0.4 is 11.1 Å². The van der Waals surface area contributed by atoms with Crippen molar-refractivity contribution in [3.63, 3.8) is 0 Å². The molecule has 0 aliphatic carbocycles. The van der Waals surface area contributed by atoms with Crippen LogP contribution in [0.25, 0.3) is 17.1 Å². The Morgan fingerprint density at radius 1 is 1.04 bits per heavy atom. The Labute approximate surface area is 162 Å². The maximum absolute atomic E-state index is 13.4. The molecule has 28 heavy (non-hydrogen) atoms. The summed E-state index contributed by atoms with van der Waals surface area (Å²) in [6.07, 6.45) is 0. The van der Waals surface area contributed by atoms with Crippen molar-refractivity contribution in [1.29, 1.82) is 0 Å². The number of hydrogen-bond donors (Lipinski definition) is 2. The Balaban J connectivity index is 2.02. The molecule has 3 aromatic rings. The number of halogens is 2. The quantitative estimate of drug-likeness (QED) is 0.638. The summed E-state index contributed by atoms with van der Waals surface area (Å²) < 4.78 is 28.2. The molecule has 0 saturated carbocycles. The van der Waals surface area contributed by atoms with Crippen LogP contribution in [0.2, 0.25) is 0 Å². The first-order chi connectivity index (χ1) is 13.3. The van der Waals surface area contributed by atoms with Crippen molar-refractivity contribution >= 4 is 23.7 Å². The molecule has 2 aromatic carbocycles. The average Bonchev–Trinajstić information content (AvgIpc) is 3.06. The van der Waals surface area contributed by atoms with E-state index in [-0.39, 0.29) is 0 Å². The van der Waals surface area contributed by atoms with Crippen molar-refractivity contribution < 1.29 is 18.4 Å². The van der Waals surface area contributed by atoms with Gasteiger partial charge in [-0.05, 0) is 55.5 Å². The van der Waals surface area contributed by atoms with E-state index >= 15 is 0 Å². The molecule has 0 bridgehead atoms. The largest absolute Gasteiger partial charge is 0.351 e. The van der Waals surface area contributed by atoms with Crippen molar-refractivity contribution in [1.82, 2.24) is 20.1 Å². The van der Waals surface area contributed by atoms with E-state index in [1.165, 1.54) is 48.5 Å². The maximum Gasteiger partial charge on any atom is 0.318 e. The third-order valence-electron chi connectivity index (χ3n) is 3.72. The number of hydrogen-bond acceptors (Lipinski definition) is 5. The van der Waals surface area contributed by atoms with Crippen LogP contribution in [0.5, 0.6) is 0 Å². The normalized spacial score (nSPS) is 11.8. The summed E-state index contributed by atoms with van der Waals surface area (Å²) in [6, 6.07) is 10.3. The standard InChI is InChI=1S/C18H15F2N5O2S/c1-10(16(26)22-17(21)27)28-18-24-23-15(11-2-4-12(19)5-3-11)25(18)14-8-6-13(20)7-9-14/h2-10H,1H3,(H3,21,22,26,27)/t10-/m0/s1. The van der Waals surface area contributed by atoms with Crippen LogP contribution in [0.3, 0.4) is 0 Å². The van der Waals surface area contributed by atoms with Crippen molar-refractivity contribution in [2.75, 3.05) is 0 Å². The fourth-order valence-electron chi connectivity index (χ4n) is 2.39. The third kappa shape index (κ3) is 4.34. The number of thioether (sulfide) groups is 1. The van der Waals surface area contributed by atoms with Gasteiger partial charge in [-0.1, -0.05) is 11.8 Å². The highest BCUT2D eigenvalue weighted by Crippen LogP contribution is 2.30. The summed E-state index contributed by atoms with van der Waals surface area (Å²) in [5.74, 6) is -1.02. The Kier molecular flexibility index (Phi) is 5.69. The van der Waals surface area contributed by atoms with Gasteiger partial charge in [0.2, 0.25) is 5.91 Å². The minimum absolute atomic E-state index is 0.332. The lowest BCUT2D eigenvalue weighted by atomic mass is 10.2. The van der Waals surface area contributed by atoms with Gasteiger partial charge in [0, 0.05) is 11.3 Å². The Morgan fingerprint density at radius 3 is 2.18 bits per heavy atom. The number of rotatable bonds is 5. The number of carbonyl (C=O) groups excluding carboxylic acids is 2. The van der Waals surface area contributed by atoms with E-state index in [0.29, 0.717) is 22.2 Å². The predicted molar refractivity (Wildman–Crippen MR) is 99.8 cm³/mol. The minimum atomic E-state index is -0.954. The van der Waals surface area contributed by atoms with Crippen LogP contribution in [0.15, 0.2) is 53.7 Å². The highest BCUT2D eigenvalue weighted by atomic mass is 32.2.